The first-order chi connectivity index (χ1) is 9.11. The smallest absolute Gasteiger partial charge is 0.144 e. The highest BCUT2D eigenvalue weighted by Gasteiger charge is 2.20. The highest BCUT2D eigenvalue weighted by atomic mass is 79.9. The van der Waals surface area contributed by atoms with E-state index in [2.05, 4.69) is 47.0 Å². The zero-order valence-electron chi connectivity index (χ0n) is 11.9. The summed E-state index contributed by atoms with van der Waals surface area (Å²) in [4.78, 5) is 9.32. The first-order valence-corrected chi connectivity index (χ1v) is 7.82. The minimum Gasteiger partial charge on any atom is -0.378 e. The first-order valence-electron chi connectivity index (χ1n) is 7.03. The Morgan fingerprint density at radius 2 is 2.21 bits per heavy atom. The molecule has 1 aromatic heterocycles. The van der Waals surface area contributed by atoms with Crippen molar-refractivity contribution in [1.82, 2.24) is 9.97 Å². The lowest BCUT2D eigenvalue weighted by molar-refractivity contribution is 0.110. The highest BCUT2D eigenvalue weighted by molar-refractivity contribution is 9.10. The molecule has 0 spiro atoms. The van der Waals surface area contributed by atoms with Gasteiger partial charge in [-0.3, -0.25) is 0 Å². The lowest BCUT2D eigenvalue weighted by Crippen LogP contribution is -2.15. The minimum atomic E-state index is 0.288. The second kappa shape index (κ2) is 6.66. The SMILES string of the molecule is CCNc1nc(CC2CCCO2)nc(C(C)C)c1Br. The normalized spacial score (nSPS) is 19.1. The number of ether oxygens (including phenoxy) is 1. The van der Waals surface area contributed by atoms with Crippen molar-refractivity contribution in [3.05, 3.63) is 16.0 Å². The average molecular weight is 328 g/mol. The van der Waals surface area contributed by atoms with Crippen LogP contribution in [0.4, 0.5) is 5.82 Å². The minimum absolute atomic E-state index is 0.288. The number of hydrogen-bond acceptors (Lipinski definition) is 4. The summed E-state index contributed by atoms with van der Waals surface area (Å²) < 4.78 is 6.66. The summed E-state index contributed by atoms with van der Waals surface area (Å²) in [5.41, 5.74) is 1.07. The van der Waals surface area contributed by atoms with Crippen LogP contribution in [-0.2, 0) is 11.2 Å². The number of nitrogens with one attached hydrogen (secondary N) is 1. The van der Waals surface area contributed by atoms with Crippen LogP contribution in [0.5, 0.6) is 0 Å². The fourth-order valence-corrected chi connectivity index (χ4v) is 3.06. The third-order valence-electron chi connectivity index (χ3n) is 3.25. The zero-order chi connectivity index (χ0) is 13.8. The Hall–Kier alpha value is -0.680. The van der Waals surface area contributed by atoms with E-state index in [-0.39, 0.29) is 6.10 Å². The zero-order valence-corrected chi connectivity index (χ0v) is 13.5. The molecule has 1 atom stereocenters. The van der Waals surface area contributed by atoms with Crippen molar-refractivity contribution in [1.29, 1.82) is 0 Å². The molecular weight excluding hydrogens is 306 g/mol. The van der Waals surface area contributed by atoms with Crippen LogP contribution in [0.1, 0.15) is 51.0 Å². The Morgan fingerprint density at radius 3 is 2.79 bits per heavy atom. The van der Waals surface area contributed by atoms with Crippen molar-refractivity contribution < 1.29 is 4.74 Å². The van der Waals surface area contributed by atoms with Crippen LogP contribution >= 0.6 is 15.9 Å². The first kappa shape index (κ1) is 14.7. The van der Waals surface area contributed by atoms with Gasteiger partial charge in [-0.05, 0) is 41.6 Å². The quantitative estimate of drug-likeness (QED) is 0.898. The summed E-state index contributed by atoms with van der Waals surface area (Å²) >= 11 is 3.61. The lowest BCUT2D eigenvalue weighted by atomic mass is 10.1. The summed E-state index contributed by atoms with van der Waals surface area (Å²) in [6, 6.07) is 0. The lowest BCUT2D eigenvalue weighted by Gasteiger charge is -2.15. The van der Waals surface area contributed by atoms with Gasteiger partial charge in [-0.15, -0.1) is 0 Å². The molecule has 4 nitrogen and oxygen atoms in total. The number of rotatable bonds is 5. The van der Waals surface area contributed by atoms with Gasteiger partial charge in [-0.1, -0.05) is 13.8 Å². The van der Waals surface area contributed by atoms with Gasteiger partial charge in [-0.2, -0.15) is 0 Å². The van der Waals surface area contributed by atoms with Crippen molar-refractivity contribution in [3.63, 3.8) is 0 Å². The summed E-state index contributed by atoms with van der Waals surface area (Å²) in [5.74, 6) is 2.15. The molecule has 1 N–H and O–H groups in total. The molecule has 106 valence electrons. The second-order valence-electron chi connectivity index (χ2n) is 5.21. The van der Waals surface area contributed by atoms with E-state index in [1.165, 1.54) is 0 Å². The molecule has 1 unspecified atom stereocenters. The molecule has 1 saturated heterocycles. The Labute approximate surface area is 123 Å². The highest BCUT2D eigenvalue weighted by Crippen LogP contribution is 2.29. The van der Waals surface area contributed by atoms with Gasteiger partial charge in [-0.25, -0.2) is 9.97 Å². The van der Waals surface area contributed by atoms with Gasteiger partial charge < -0.3 is 10.1 Å². The van der Waals surface area contributed by atoms with Crippen LogP contribution in [0.15, 0.2) is 4.47 Å². The number of hydrogen-bond donors (Lipinski definition) is 1. The fourth-order valence-electron chi connectivity index (χ4n) is 2.28. The molecule has 5 heteroatoms. The van der Waals surface area contributed by atoms with Crippen molar-refractivity contribution in [2.45, 2.75) is 52.1 Å². The van der Waals surface area contributed by atoms with Crippen LogP contribution in [0.2, 0.25) is 0 Å². The topological polar surface area (TPSA) is 47.0 Å². The summed E-state index contributed by atoms with van der Waals surface area (Å²) in [6.45, 7) is 8.10. The molecule has 0 aromatic carbocycles. The van der Waals surface area contributed by atoms with Crippen molar-refractivity contribution in [3.8, 4) is 0 Å². The third kappa shape index (κ3) is 3.66. The van der Waals surface area contributed by atoms with Gasteiger partial charge in [0.25, 0.3) is 0 Å². The Balaban J connectivity index is 2.26. The number of nitrogens with zero attached hydrogens (tertiary/aromatic N) is 2. The Kier molecular flexibility index (Phi) is 5.16. The van der Waals surface area contributed by atoms with Gasteiger partial charge in [0.1, 0.15) is 11.6 Å². The van der Waals surface area contributed by atoms with E-state index in [4.69, 9.17) is 9.72 Å². The average Bonchev–Trinajstić information content (AvgIpc) is 2.86. The van der Waals surface area contributed by atoms with E-state index in [1.807, 2.05) is 0 Å². The molecular formula is C14H22BrN3O. The molecule has 19 heavy (non-hydrogen) atoms. The predicted molar refractivity (Wildman–Crippen MR) is 80.7 cm³/mol. The van der Waals surface area contributed by atoms with Crippen LogP contribution in [0.25, 0.3) is 0 Å². The van der Waals surface area contributed by atoms with Crippen LogP contribution in [0, 0.1) is 0 Å². The number of anilines is 1. The molecule has 2 heterocycles. The monoisotopic (exact) mass is 327 g/mol. The molecule has 2 rings (SSSR count). The molecule has 1 aromatic rings. The molecule has 1 aliphatic heterocycles. The summed E-state index contributed by atoms with van der Waals surface area (Å²) in [6.07, 6.45) is 3.37. The maximum absolute atomic E-state index is 5.68. The van der Waals surface area contributed by atoms with E-state index >= 15 is 0 Å². The fraction of sp³-hybridized carbons (Fsp3) is 0.714. The van der Waals surface area contributed by atoms with Gasteiger partial charge in [0.05, 0.1) is 16.3 Å². The number of aromatic nitrogens is 2. The Bertz CT molecular complexity index is 431. The van der Waals surface area contributed by atoms with E-state index < -0.39 is 0 Å². The van der Waals surface area contributed by atoms with E-state index in [0.717, 1.165) is 54.2 Å². The largest absolute Gasteiger partial charge is 0.378 e. The molecule has 1 aliphatic rings. The van der Waals surface area contributed by atoms with E-state index in [9.17, 15) is 0 Å². The molecule has 0 radical (unpaired) electrons. The Morgan fingerprint density at radius 1 is 1.42 bits per heavy atom. The van der Waals surface area contributed by atoms with Crippen LogP contribution in [-0.4, -0.2) is 29.2 Å². The van der Waals surface area contributed by atoms with Crippen LogP contribution < -0.4 is 5.32 Å². The predicted octanol–water partition coefficient (Wildman–Crippen LogP) is 3.52. The van der Waals surface area contributed by atoms with Crippen molar-refractivity contribution in [2.75, 3.05) is 18.5 Å². The summed E-state index contributed by atoms with van der Waals surface area (Å²) in [7, 11) is 0. The summed E-state index contributed by atoms with van der Waals surface area (Å²) in [5, 5.41) is 3.30. The van der Waals surface area contributed by atoms with Gasteiger partial charge in [0, 0.05) is 19.6 Å². The van der Waals surface area contributed by atoms with Crippen molar-refractivity contribution >= 4 is 21.7 Å². The maximum atomic E-state index is 5.68. The molecule has 0 saturated carbocycles. The maximum Gasteiger partial charge on any atom is 0.144 e. The molecule has 0 amide bonds. The van der Waals surface area contributed by atoms with E-state index in [1.54, 1.807) is 0 Å². The van der Waals surface area contributed by atoms with Crippen molar-refractivity contribution in [2.24, 2.45) is 0 Å². The standard InChI is InChI=1S/C14H22BrN3O/c1-4-16-14-12(15)13(9(2)3)17-11(18-14)8-10-6-5-7-19-10/h9-10H,4-8H2,1-3H3,(H,16,17,18). The van der Waals surface area contributed by atoms with Gasteiger partial charge >= 0.3 is 0 Å². The van der Waals surface area contributed by atoms with Gasteiger partial charge in [0.2, 0.25) is 0 Å². The third-order valence-corrected chi connectivity index (χ3v) is 4.03. The van der Waals surface area contributed by atoms with Gasteiger partial charge in [0.15, 0.2) is 0 Å². The number of halogens is 1. The molecule has 1 fully saturated rings. The second-order valence-corrected chi connectivity index (χ2v) is 6.00. The van der Waals surface area contributed by atoms with E-state index in [0.29, 0.717) is 5.92 Å². The van der Waals surface area contributed by atoms with Crippen LogP contribution in [0.3, 0.4) is 0 Å². The molecule has 0 bridgehead atoms. The molecule has 0 aliphatic carbocycles.